The van der Waals surface area contributed by atoms with E-state index in [-0.39, 0.29) is 0 Å². The summed E-state index contributed by atoms with van der Waals surface area (Å²) in [5, 5.41) is 1.38. The molecule has 0 bridgehead atoms. The second-order valence-electron chi connectivity index (χ2n) is 7.15. The van der Waals surface area contributed by atoms with E-state index in [2.05, 4.69) is 42.5 Å². The number of ether oxygens (including phenoxy) is 2. The molecule has 1 aliphatic rings. The van der Waals surface area contributed by atoms with Crippen LogP contribution in [0.3, 0.4) is 0 Å². The molecule has 4 rings (SSSR count). The summed E-state index contributed by atoms with van der Waals surface area (Å²) in [6, 6.07) is 15.0. The quantitative estimate of drug-likeness (QED) is 0.407. The zero-order valence-corrected chi connectivity index (χ0v) is 17.2. The summed E-state index contributed by atoms with van der Waals surface area (Å²) < 4.78 is 12.4. The first-order valence-electron chi connectivity index (χ1n) is 9.65. The highest BCUT2D eigenvalue weighted by Gasteiger charge is 2.24. The van der Waals surface area contributed by atoms with E-state index in [0.717, 1.165) is 23.8 Å². The number of halogens is 1. The Bertz CT molecular complexity index is 895. The molecule has 0 atom stereocenters. The molecule has 142 valence electrons. The second kappa shape index (κ2) is 8.53. The molecule has 1 fully saturated rings. The lowest BCUT2D eigenvalue weighted by Gasteiger charge is -2.12. The summed E-state index contributed by atoms with van der Waals surface area (Å²) in [7, 11) is 1.74. The van der Waals surface area contributed by atoms with Gasteiger partial charge in [-0.2, -0.15) is 0 Å². The molecule has 0 radical (unpaired) electrons. The third-order valence-corrected chi connectivity index (χ3v) is 6.92. The van der Waals surface area contributed by atoms with Crippen LogP contribution in [-0.4, -0.2) is 19.6 Å². The Morgan fingerprint density at radius 2 is 1.78 bits per heavy atom. The molecule has 0 unspecified atom stereocenters. The molecule has 0 spiro atoms. The Labute approximate surface area is 170 Å². The molecule has 1 aromatic heterocycles. The molecular weight excluding hydrogens is 376 g/mol. The van der Waals surface area contributed by atoms with Crippen molar-refractivity contribution in [3.63, 3.8) is 0 Å². The highest BCUT2D eigenvalue weighted by molar-refractivity contribution is 7.19. The third kappa shape index (κ3) is 4.09. The molecule has 1 heterocycles. The van der Waals surface area contributed by atoms with Gasteiger partial charge in [0.1, 0.15) is 18.1 Å². The van der Waals surface area contributed by atoms with E-state index < -0.39 is 0 Å². The Kier molecular flexibility index (Phi) is 5.89. The highest BCUT2D eigenvalue weighted by atomic mass is 35.5. The van der Waals surface area contributed by atoms with Crippen LogP contribution in [0.4, 0.5) is 0 Å². The van der Waals surface area contributed by atoms with Crippen LogP contribution in [0, 0.1) is 0 Å². The summed E-state index contributed by atoms with van der Waals surface area (Å²) in [5.41, 5.74) is 2.82. The molecule has 2 nitrogen and oxygen atoms in total. The first-order valence-corrected chi connectivity index (χ1v) is 11.0. The van der Waals surface area contributed by atoms with E-state index in [1.807, 2.05) is 11.3 Å². The number of alkyl halides is 1. The number of methoxy groups -OCH3 is 1. The van der Waals surface area contributed by atoms with Crippen molar-refractivity contribution < 1.29 is 9.47 Å². The Hall–Kier alpha value is -1.71. The average molecular weight is 401 g/mol. The van der Waals surface area contributed by atoms with Crippen LogP contribution in [0.25, 0.3) is 10.1 Å². The molecule has 1 saturated carbocycles. The van der Waals surface area contributed by atoms with E-state index in [4.69, 9.17) is 21.1 Å². The lowest BCUT2D eigenvalue weighted by molar-refractivity contribution is 0.342. The lowest BCUT2D eigenvalue weighted by atomic mass is 9.95. The van der Waals surface area contributed by atoms with Crippen LogP contribution in [0.2, 0.25) is 0 Å². The highest BCUT2D eigenvalue weighted by Crippen LogP contribution is 2.44. The number of fused-ring (bicyclic) bond motifs is 1. The summed E-state index contributed by atoms with van der Waals surface area (Å²) in [5.74, 6) is 3.05. The van der Waals surface area contributed by atoms with Gasteiger partial charge >= 0.3 is 0 Å². The van der Waals surface area contributed by atoms with Crippen LogP contribution >= 0.6 is 22.9 Å². The third-order valence-electron chi connectivity index (χ3n) is 5.41. The second-order valence-corrected chi connectivity index (χ2v) is 8.61. The fourth-order valence-corrected chi connectivity index (χ4v) is 5.54. The normalized spacial score (nSPS) is 14.7. The van der Waals surface area contributed by atoms with Gasteiger partial charge in [-0.1, -0.05) is 25.0 Å². The average Bonchev–Trinajstić information content (AvgIpc) is 3.35. The van der Waals surface area contributed by atoms with Gasteiger partial charge in [0.25, 0.3) is 0 Å². The predicted octanol–water partition coefficient (Wildman–Crippen LogP) is 6.78. The largest absolute Gasteiger partial charge is 0.497 e. The van der Waals surface area contributed by atoms with Gasteiger partial charge in [-0.3, -0.25) is 0 Å². The molecule has 27 heavy (non-hydrogen) atoms. The van der Waals surface area contributed by atoms with Crippen LogP contribution < -0.4 is 9.47 Å². The van der Waals surface area contributed by atoms with Gasteiger partial charge in [-0.05, 0) is 72.0 Å². The van der Waals surface area contributed by atoms with Gasteiger partial charge in [0, 0.05) is 9.58 Å². The Morgan fingerprint density at radius 3 is 2.48 bits per heavy atom. The van der Waals surface area contributed by atoms with Crippen LogP contribution in [0.15, 0.2) is 42.5 Å². The number of rotatable bonds is 7. The van der Waals surface area contributed by atoms with Crippen LogP contribution in [0.5, 0.6) is 11.5 Å². The Balaban J connectivity index is 1.67. The molecule has 1 aliphatic carbocycles. The van der Waals surface area contributed by atoms with Crippen LogP contribution in [-0.2, 0) is 6.42 Å². The van der Waals surface area contributed by atoms with E-state index in [0.29, 0.717) is 12.5 Å². The smallest absolute Gasteiger partial charge is 0.120 e. The van der Waals surface area contributed by atoms with Crippen molar-refractivity contribution in [1.82, 2.24) is 0 Å². The van der Waals surface area contributed by atoms with Gasteiger partial charge in [0.15, 0.2) is 0 Å². The molecular formula is C23H25ClO2S. The minimum absolute atomic E-state index is 0.511. The Morgan fingerprint density at radius 1 is 1.04 bits per heavy atom. The molecule has 0 N–H and O–H groups in total. The van der Waals surface area contributed by atoms with E-state index in [1.54, 1.807) is 12.0 Å². The van der Waals surface area contributed by atoms with Gasteiger partial charge in [0.05, 0.1) is 13.0 Å². The predicted molar refractivity (Wildman–Crippen MR) is 115 cm³/mol. The molecule has 0 aliphatic heterocycles. The van der Waals surface area contributed by atoms with Gasteiger partial charge in [-0.15, -0.1) is 22.9 Å². The molecule has 2 aromatic carbocycles. The standard InChI is InChI=1S/C23H25ClO2S/c1-25-19-10-11-20-21(14-16-6-8-18(9-7-16)26-13-12-24)23(27-22(20)15-19)17-4-2-3-5-17/h6-11,15,17H,2-5,12-14H2,1H3. The van der Waals surface area contributed by atoms with Crippen molar-refractivity contribution in [2.45, 2.75) is 38.0 Å². The monoisotopic (exact) mass is 400 g/mol. The van der Waals surface area contributed by atoms with Crippen LogP contribution in [0.1, 0.15) is 47.6 Å². The maximum Gasteiger partial charge on any atom is 0.120 e. The van der Waals surface area contributed by atoms with Crippen molar-refractivity contribution in [2.24, 2.45) is 0 Å². The first kappa shape index (κ1) is 18.6. The van der Waals surface area contributed by atoms with Crippen molar-refractivity contribution in [1.29, 1.82) is 0 Å². The maximum atomic E-state index is 5.70. The van der Waals surface area contributed by atoms with Gasteiger partial charge < -0.3 is 9.47 Å². The minimum atomic E-state index is 0.511. The SMILES string of the molecule is COc1ccc2c(Cc3ccc(OCCCl)cc3)c(C3CCCC3)sc2c1. The fourth-order valence-electron chi connectivity index (χ4n) is 4.04. The van der Waals surface area contributed by atoms with E-state index >= 15 is 0 Å². The molecule has 4 heteroatoms. The number of hydrogen-bond acceptors (Lipinski definition) is 3. The minimum Gasteiger partial charge on any atom is -0.497 e. The maximum absolute atomic E-state index is 5.70. The molecule has 0 saturated heterocycles. The summed E-state index contributed by atoms with van der Waals surface area (Å²) in [6.45, 7) is 0.545. The van der Waals surface area contributed by atoms with Crippen molar-refractivity contribution >= 4 is 33.0 Å². The first-order chi connectivity index (χ1) is 13.3. The fraction of sp³-hybridized carbons (Fsp3) is 0.391. The zero-order chi connectivity index (χ0) is 18.6. The summed E-state index contributed by atoms with van der Waals surface area (Å²) >= 11 is 7.67. The number of hydrogen-bond donors (Lipinski definition) is 0. The van der Waals surface area contributed by atoms with E-state index in [9.17, 15) is 0 Å². The van der Waals surface area contributed by atoms with Crippen molar-refractivity contribution in [2.75, 3.05) is 19.6 Å². The molecule has 3 aromatic rings. The van der Waals surface area contributed by atoms with Gasteiger partial charge in [-0.25, -0.2) is 0 Å². The summed E-state index contributed by atoms with van der Waals surface area (Å²) in [4.78, 5) is 1.58. The number of thiophene rings is 1. The van der Waals surface area contributed by atoms with Crippen molar-refractivity contribution in [3.8, 4) is 11.5 Å². The van der Waals surface area contributed by atoms with E-state index in [1.165, 1.54) is 46.9 Å². The van der Waals surface area contributed by atoms with Gasteiger partial charge in [0.2, 0.25) is 0 Å². The summed E-state index contributed by atoms with van der Waals surface area (Å²) in [6.07, 6.45) is 6.32. The molecule has 0 amide bonds. The topological polar surface area (TPSA) is 18.5 Å². The zero-order valence-electron chi connectivity index (χ0n) is 15.7. The number of benzene rings is 2. The van der Waals surface area contributed by atoms with Crippen molar-refractivity contribution in [3.05, 3.63) is 58.5 Å². The lowest BCUT2D eigenvalue weighted by Crippen LogP contribution is -1.99.